The smallest absolute Gasteiger partial charge is 0.335 e. The maximum Gasteiger partial charge on any atom is 0.335 e. The predicted molar refractivity (Wildman–Crippen MR) is 111 cm³/mol. The first kappa shape index (κ1) is 20.2. The highest BCUT2D eigenvalue weighted by molar-refractivity contribution is 7.16. The zero-order valence-corrected chi connectivity index (χ0v) is 17.0. The quantitative estimate of drug-likeness (QED) is 0.511. The van der Waals surface area contributed by atoms with Gasteiger partial charge in [-0.3, -0.25) is 4.79 Å². The molecule has 2 aromatic heterocycles. The summed E-state index contributed by atoms with van der Waals surface area (Å²) in [5, 5.41) is 30.9. The van der Waals surface area contributed by atoms with Crippen LogP contribution in [0.2, 0.25) is 5.15 Å². The molecular formula is C19H16ClN5O4S. The molecule has 3 heterocycles. The molecule has 1 aliphatic heterocycles. The number of aliphatic hydroxyl groups is 1. The molecule has 0 saturated carbocycles. The average Bonchev–Trinajstić information content (AvgIpc) is 3.37. The highest BCUT2D eigenvalue weighted by Gasteiger charge is 2.28. The standard InChI is InChI=1S/C19H16ClN5O4S/c20-15-7-14(22-11-3-1-10(2-4-11)19(28)29)13(8-21-15)16-23-24-17(30-16)18(27)25-6-5-12(26)9-25/h1-4,7-8,12,26H,5-6,9H2,(H,21,22)(H,28,29). The Bertz CT molecular complexity index is 1100. The van der Waals surface area contributed by atoms with E-state index >= 15 is 0 Å². The third-order valence-corrected chi connectivity index (χ3v) is 5.72. The zero-order valence-electron chi connectivity index (χ0n) is 15.4. The number of carboxylic acid groups (broad SMARTS) is 1. The van der Waals surface area contributed by atoms with Crippen molar-refractivity contribution in [2.45, 2.75) is 12.5 Å². The molecule has 1 atom stereocenters. The average molecular weight is 446 g/mol. The highest BCUT2D eigenvalue weighted by atomic mass is 35.5. The summed E-state index contributed by atoms with van der Waals surface area (Å²) < 4.78 is 0. The predicted octanol–water partition coefficient (Wildman–Crippen LogP) is 2.90. The Kier molecular flexibility index (Phi) is 5.62. The number of aromatic carboxylic acids is 1. The van der Waals surface area contributed by atoms with Crippen LogP contribution < -0.4 is 5.32 Å². The van der Waals surface area contributed by atoms with Crippen molar-refractivity contribution in [1.29, 1.82) is 0 Å². The SMILES string of the molecule is O=C(O)c1ccc(Nc2cc(Cl)ncc2-c2nnc(C(=O)N3CCC(O)C3)s2)cc1. The number of carbonyl (C=O) groups excluding carboxylic acids is 1. The molecule has 1 amide bonds. The largest absolute Gasteiger partial charge is 0.478 e. The van der Waals surface area contributed by atoms with Crippen LogP contribution in [-0.2, 0) is 0 Å². The van der Waals surface area contributed by atoms with Crippen LogP contribution in [0.3, 0.4) is 0 Å². The summed E-state index contributed by atoms with van der Waals surface area (Å²) >= 11 is 7.17. The number of amides is 1. The fraction of sp³-hybridized carbons (Fsp3) is 0.211. The molecular weight excluding hydrogens is 430 g/mol. The molecule has 1 aliphatic rings. The van der Waals surface area contributed by atoms with Gasteiger partial charge in [-0.2, -0.15) is 0 Å². The van der Waals surface area contributed by atoms with Crippen LogP contribution in [0.1, 0.15) is 26.6 Å². The molecule has 3 aromatic rings. The Balaban J connectivity index is 1.60. The van der Waals surface area contributed by atoms with E-state index in [2.05, 4.69) is 20.5 Å². The number of nitrogens with one attached hydrogen (secondary N) is 1. The number of anilines is 2. The van der Waals surface area contributed by atoms with E-state index in [0.29, 0.717) is 34.9 Å². The van der Waals surface area contributed by atoms with E-state index < -0.39 is 12.1 Å². The molecule has 0 aliphatic carbocycles. The molecule has 0 radical (unpaired) electrons. The number of hydrogen-bond acceptors (Lipinski definition) is 8. The Labute approximate surface area is 180 Å². The van der Waals surface area contributed by atoms with Crippen LogP contribution in [0.25, 0.3) is 10.6 Å². The Hall–Kier alpha value is -3.08. The van der Waals surface area contributed by atoms with Crippen molar-refractivity contribution in [1.82, 2.24) is 20.1 Å². The lowest BCUT2D eigenvalue weighted by Crippen LogP contribution is -2.29. The van der Waals surface area contributed by atoms with Gasteiger partial charge in [0.2, 0.25) is 5.01 Å². The van der Waals surface area contributed by atoms with Gasteiger partial charge in [0, 0.05) is 25.0 Å². The van der Waals surface area contributed by atoms with Crippen LogP contribution >= 0.6 is 22.9 Å². The second-order valence-electron chi connectivity index (χ2n) is 6.67. The van der Waals surface area contributed by atoms with Crippen molar-refractivity contribution < 1.29 is 19.8 Å². The molecule has 1 fully saturated rings. The molecule has 9 nitrogen and oxygen atoms in total. The van der Waals surface area contributed by atoms with Gasteiger partial charge in [0.05, 0.1) is 22.9 Å². The van der Waals surface area contributed by atoms with Gasteiger partial charge in [-0.1, -0.05) is 22.9 Å². The molecule has 11 heteroatoms. The molecule has 3 N–H and O–H groups in total. The highest BCUT2D eigenvalue weighted by Crippen LogP contribution is 2.34. The van der Waals surface area contributed by atoms with E-state index in [-0.39, 0.29) is 28.2 Å². The van der Waals surface area contributed by atoms with Gasteiger partial charge < -0.3 is 20.4 Å². The molecule has 1 unspecified atom stereocenters. The summed E-state index contributed by atoms with van der Waals surface area (Å²) in [6, 6.07) is 7.85. The number of likely N-dealkylation sites (tertiary alicyclic amines) is 1. The number of aromatic nitrogens is 3. The van der Waals surface area contributed by atoms with Crippen molar-refractivity contribution in [3.63, 3.8) is 0 Å². The second kappa shape index (κ2) is 8.34. The summed E-state index contributed by atoms with van der Waals surface area (Å²) in [6.07, 6.45) is 1.57. The summed E-state index contributed by atoms with van der Waals surface area (Å²) in [7, 11) is 0. The third-order valence-electron chi connectivity index (χ3n) is 4.57. The number of pyridine rings is 1. The number of nitrogens with zero attached hydrogens (tertiary/aromatic N) is 4. The first-order chi connectivity index (χ1) is 14.4. The minimum Gasteiger partial charge on any atom is -0.478 e. The maximum absolute atomic E-state index is 12.6. The first-order valence-electron chi connectivity index (χ1n) is 8.98. The van der Waals surface area contributed by atoms with Crippen molar-refractivity contribution >= 4 is 46.2 Å². The summed E-state index contributed by atoms with van der Waals surface area (Å²) in [5.41, 5.74) is 2.01. The molecule has 1 saturated heterocycles. The lowest BCUT2D eigenvalue weighted by molar-refractivity contribution is 0.0696. The van der Waals surface area contributed by atoms with E-state index in [9.17, 15) is 14.7 Å². The molecule has 1 aromatic carbocycles. The number of halogens is 1. The Morgan fingerprint density at radius 2 is 2.00 bits per heavy atom. The Morgan fingerprint density at radius 3 is 2.67 bits per heavy atom. The van der Waals surface area contributed by atoms with Gasteiger partial charge in [-0.05, 0) is 36.8 Å². The number of carboxylic acids is 1. The number of rotatable bonds is 5. The van der Waals surface area contributed by atoms with Crippen LogP contribution in [0.5, 0.6) is 0 Å². The normalized spacial score (nSPS) is 15.9. The van der Waals surface area contributed by atoms with Gasteiger partial charge >= 0.3 is 5.97 Å². The topological polar surface area (TPSA) is 129 Å². The monoisotopic (exact) mass is 445 g/mol. The lowest BCUT2D eigenvalue weighted by Gasteiger charge is -2.12. The van der Waals surface area contributed by atoms with E-state index in [1.807, 2.05) is 0 Å². The van der Waals surface area contributed by atoms with Gasteiger partial charge in [0.1, 0.15) is 5.15 Å². The fourth-order valence-corrected chi connectivity index (χ4v) is 4.03. The zero-order chi connectivity index (χ0) is 21.3. The molecule has 0 bridgehead atoms. The molecule has 30 heavy (non-hydrogen) atoms. The van der Waals surface area contributed by atoms with E-state index in [4.69, 9.17) is 16.7 Å². The number of β-amino-alcohol motifs (C(OH)–C–C–N with tert-alkyl or cyclic N) is 1. The van der Waals surface area contributed by atoms with Crippen LogP contribution in [0, 0.1) is 0 Å². The summed E-state index contributed by atoms with van der Waals surface area (Å²) in [6.45, 7) is 0.770. The Morgan fingerprint density at radius 1 is 1.23 bits per heavy atom. The minimum absolute atomic E-state index is 0.174. The molecule has 0 spiro atoms. The van der Waals surface area contributed by atoms with Gasteiger partial charge in [0.15, 0.2) is 5.01 Å². The maximum atomic E-state index is 12.6. The lowest BCUT2D eigenvalue weighted by atomic mass is 10.2. The number of benzene rings is 1. The number of hydrogen-bond donors (Lipinski definition) is 3. The first-order valence-corrected chi connectivity index (χ1v) is 10.2. The molecule has 154 valence electrons. The van der Waals surface area contributed by atoms with Crippen molar-refractivity contribution in [3.05, 3.63) is 52.3 Å². The van der Waals surface area contributed by atoms with Crippen LogP contribution in [0.4, 0.5) is 11.4 Å². The van der Waals surface area contributed by atoms with E-state index in [0.717, 1.165) is 11.3 Å². The fourth-order valence-electron chi connectivity index (χ4n) is 3.04. The van der Waals surface area contributed by atoms with Crippen molar-refractivity contribution in [2.24, 2.45) is 0 Å². The second-order valence-corrected chi connectivity index (χ2v) is 8.03. The van der Waals surface area contributed by atoms with Crippen molar-refractivity contribution in [3.8, 4) is 10.6 Å². The van der Waals surface area contributed by atoms with E-state index in [1.54, 1.807) is 23.1 Å². The van der Waals surface area contributed by atoms with Gasteiger partial charge in [-0.15, -0.1) is 10.2 Å². The van der Waals surface area contributed by atoms with Crippen LogP contribution in [-0.4, -0.2) is 61.4 Å². The van der Waals surface area contributed by atoms with Gasteiger partial charge in [-0.25, -0.2) is 9.78 Å². The number of aliphatic hydroxyl groups excluding tert-OH is 1. The summed E-state index contributed by atoms with van der Waals surface area (Å²) in [5.74, 6) is -1.28. The number of carbonyl (C=O) groups is 2. The van der Waals surface area contributed by atoms with Crippen molar-refractivity contribution in [2.75, 3.05) is 18.4 Å². The van der Waals surface area contributed by atoms with E-state index in [1.165, 1.54) is 18.3 Å². The van der Waals surface area contributed by atoms with Crippen LogP contribution in [0.15, 0.2) is 36.5 Å². The van der Waals surface area contributed by atoms with Gasteiger partial charge in [0.25, 0.3) is 5.91 Å². The molecule has 4 rings (SSSR count). The minimum atomic E-state index is -1.01. The summed E-state index contributed by atoms with van der Waals surface area (Å²) in [4.78, 5) is 29.2. The third kappa shape index (κ3) is 4.25.